The van der Waals surface area contributed by atoms with E-state index in [0.29, 0.717) is 31.9 Å². The normalized spacial score (nSPS) is 18.4. The van der Waals surface area contributed by atoms with Gasteiger partial charge in [0.1, 0.15) is 11.9 Å². The molecule has 2 aromatic carbocycles. The number of carbonyl (C=O) groups excluding carboxylic acids is 1. The average Bonchev–Trinajstić information content (AvgIpc) is 2.81. The molecule has 2 fully saturated rings. The third-order valence-electron chi connectivity index (χ3n) is 5.76. The molecule has 6 heteroatoms. The monoisotopic (exact) mass is 426 g/mol. The summed E-state index contributed by atoms with van der Waals surface area (Å²) < 4.78 is 11.6. The highest BCUT2D eigenvalue weighted by Crippen LogP contribution is 2.23. The number of likely N-dealkylation sites (tertiary alicyclic amines) is 1. The van der Waals surface area contributed by atoms with Gasteiger partial charge in [-0.05, 0) is 55.0 Å². The molecule has 2 aliphatic heterocycles. The number of carbonyl (C=O) groups is 1. The number of ether oxygens (including phenoxy) is 2. The third-order valence-corrected chi connectivity index (χ3v) is 6.48. The Morgan fingerprint density at radius 3 is 2.60 bits per heavy atom. The summed E-state index contributed by atoms with van der Waals surface area (Å²) in [7, 11) is 0. The van der Waals surface area contributed by atoms with Gasteiger partial charge in [-0.2, -0.15) is 0 Å². The first-order chi connectivity index (χ1) is 14.7. The van der Waals surface area contributed by atoms with Crippen molar-refractivity contribution in [1.29, 1.82) is 0 Å². The van der Waals surface area contributed by atoms with Crippen LogP contribution in [-0.2, 0) is 11.3 Å². The van der Waals surface area contributed by atoms with Gasteiger partial charge in [0.05, 0.1) is 13.2 Å². The molecule has 30 heavy (non-hydrogen) atoms. The largest absolute Gasteiger partial charge is 0.490 e. The predicted molar refractivity (Wildman–Crippen MR) is 120 cm³/mol. The molecule has 0 spiro atoms. The van der Waals surface area contributed by atoms with Gasteiger partial charge in [-0.1, -0.05) is 18.2 Å². The van der Waals surface area contributed by atoms with Crippen molar-refractivity contribution in [3.8, 4) is 5.75 Å². The fourth-order valence-electron chi connectivity index (χ4n) is 4.06. The SMILES string of the molecule is CSc1cccc(CN2CCC(Oc3cccc(C(=O)N4CCOCC4)c3)CC2)c1. The number of thioether (sulfide) groups is 1. The average molecular weight is 427 g/mol. The van der Waals surface area contributed by atoms with Gasteiger partial charge in [-0.15, -0.1) is 11.8 Å². The zero-order valence-electron chi connectivity index (χ0n) is 17.6. The van der Waals surface area contributed by atoms with Crippen LogP contribution in [0.25, 0.3) is 0 Å². The number of nitrogens with zero attached hydrogens (tertiary/aromatic N) is 2. The highest BCUT2D eigenvalue weighted by Gasteiger charge is 2.22. The molecular formula is C24H30N2O3S. The minimum Gasteiger partial charge on any atom is -0.490 e. The smallest absolute Gasteiger partial charge is 0.254 e. The van der Waals surface area contributed by atoms with Gasteiger partial charge in [-0.25, -0.2) is 0 Å². The number of hydrogen-bond acceptors (Lipinski definition) is 5. The van der Waals surface area contributed by atoms with Crippen molar-refractivity contribution < 1.29 is 14.3 Å². The molecule has 2 saturated heterocycles. The van der Waals surface area contributed by atoms with Crippen LogP contribution < -0.4 is 4.74 Å². The van der Waals surface area contributed by atoms with Crippen LogP contribution in [0.1, 0.15) is 28.8 Å². The van der Waals surface area contributed by atoms with E-state index in [0.717, 1.165) is 38.2 Å². The van der Waals surface area contributed by atoms with Crippen molar-refractivity contribution in [2.45, 2.75) is 30.4 Å². The summed E-state index contributed by atoms with van der Waals surface area (Å²) in [5, 5.41) is 0. The summed E-state index contributed by atoms with van der Waals surface area (Å²) in [6.45, 7) is 5.58. The number of benzene rings is 2. The molecule has 2 aromatic rings. The number of amides is 1. The Bertz CT molecular complexity index is 846. The van der Waals surface area contributed by atoms with Gasteiger partial charge in [0, 0.05) is 43.2 Å². The highest BCUT2D eigenvalue weighted by molar-refractivity contribution is 7.98. The van der Waals surface area contributed by atoms with Crippen molar-refractivity contribution in [2.75, 3.05) is 45.6 Å². The Morgan fingerprint density at radius 2 is 1.83 bits per heavy atom. The van der Waals surface area contributed by atoms with E-state index in [4.69, 9.17) is 9.47 Å². The second-order valence-electron chi connectivity index (χ2n) is 7.88. The van der Waals surface area contributed by atoms with Crippen LogP contribution in [0.4, 0.5) is 0 Å². The van der Waals surface area contributed by atoms with E-state index in [2.05, 4.69) is 35.4 Å². The minimum atomic E-state index is 0.0612. The Hall–Kier alpha value is -2.02. The second kappa shape index (κ2) is 10.3. The Labute approximate surface area is 183 Å². The Balaban J connectivity index is 1.29. The lowest BCUT2D eigenvalue weighted by Gasteiger charge is -2.32. The molecule has 0 aliphatic carbocycles. The van der Waals surface area contributed by atoms with Crippen LogP contribution in [0.5, 0.6) is 5.75 Å². The number of morpholine rings is 1. The zero-order valence-corrected chi connectivity index (χ0v) is 18.4. The van der Waals surface area contributed by atoms with Crippen LogP contribution in [0.2, 0.25) is 0 Å². The van der Waals surface area contributed by atoms with Gasteiger partial charge in [0.2, 0.25) is 0 Å². The van der Waals surface area contributed by atoms with Crippen molar-refractivity contribution >= 4 is 17.7 Å². The first kappa shape index (κ1) is 21.2. The van der Waals surface area contributed by atoms with E-state index in [9.17, 15) is 4.79 Å². The van der Waals surface area contributed by atoms with Crippen LogP contribution in [-0.4, -0.2) is 67.5 Å². The number of rotatable bonds is 6. The fourth-order valence-corrected chi connectivity index (χ4v) is 4.54. The molecule has 2 heterocycles. The quantitative estimate of drug-likeness (QED) is 0.655. The number of hydrogen-bond donors (Lipinski definition) is 0. The molecule has 0 radical (unpaired) electrons. The van der Waals surface area contributed by atoms with Crippen molar-refractivity contribution in [2.24, 2.45) is 0 Å². The molecule has 0 unspecified atom stereocenters. The molecular weight excluding hydrogens is 396 g/mol. The fraction of sp³-hybridized carbons (Fsp3) is 0.458. The van der Waals surface area contributed by atoms with Gasteiger partial charge in [-0.3, -0.25) is 9.69 Å². The Morgan fingerprint density at radius 1 is 1.07 bits per heavy atom. The molecule has 0 aromatic heterocycles. The highest BCUT2D eigenvalue weighted by atomic mass is 32.2. The molecule has 0 N–H and O–H groups in total. The summed E-state index contributed by atoms with van der Waals surface area (Å²) in [4.78, 5) is 18.4. The molecule has 2 aliphatic rings. The second-order valence-corrected chi connectivity index (χ2v) is 8.76. The van der Waals surface area contributed by atoms with Gasteiger partial charge in [0.15, 0.2) is 0 Å². The lowest BCUT2D eigenvalue weighted by molar-refractivity contribution is 0.0302. The zero-order chi connectivity index (χ0) is 20.8. The minimum absolute atomic E-state index is 0.0612. The molecule has 1 amide bonds. The first-order valence-electron chi connectivity index (χ1n) is 10.7. The van der Waals surface area contributed by atoms with Crippen molar-refractivity contribution in [3.05, 3.63) is 59.7 Å². The standard InChI is InChI=1S/C24H30N2O3S/c1-30-23-7-2-4-19(16-23)18-25-10-8-21(9-11-25)29-22-6-3-5-20(17-22)24(27)26-12-14-28-15-13-26/h2-7,16-17,21H,8-15,18H2,1H3. The van der Waals surface area contributed by atoms with Crippen LogP contribution in [0, 0.1) is 0 Å². The maximum atomic E-state index is 12.7. The Kier molecular flexibility index (Phi) is 7.31. The van der Waals surface area contributed by atoms with E-state index < -0.39 is 0 Å². The van der Waals surface area contributed by atoms with E-state index >= 15 is 0 Å². The summed E-state index contributed by atoms with van der Waals surface area (Å²) in [6.07, 6.45) is 4.33. The summed E-state index contributed by atoms with van der Waals surface area (Å²) in [6, 6.07) is 16.4. The lowest BCUT2D eigenvalue weighted by atomic mass is 10.1. The van der Waals surface area contributed by atoms with Gasteiger partial charge >= 0.3 is 0 Å². The molecule has 160 valence electrons. The van der Waals surface area contributed by atoms with Gasteiger partial charge in [0.25, 0.3) is 5.91 Å². The van der Waals surface area contributed by atoms with Gasteiger partial charge < -0.3 is 14.4 Å². The summed E-state index contributed by atoms with van der Waals surface area (Å²) in [5.74, 6) is 0.853. The van der Waals surface area contributed by atoms with E-state index in [1.54, 1.807) is 11.8 Å². The number of piperidine rings is 1. The molecule has 5 nitrogen and oxygen atoms in total. The maximum absolute atomic E-state index is 12.7. The lowest BCUT2D eigenvalue weighted by Crippen LogP contribution is -2.40. The van der Waals surface area contributed by atoms with Crippen LogP contribution in [0.3, 0.4) is 0 Å². The van der Waals surface area contributed by atoms with Crippen molar-refractivity contribution in [3.63, 3.8) is 0 Å². The molecule has 0 saturated carbocycles. The first-order valence-corrected chi connectivity index (χ1v) is 11.9. The van der Waals surface area contributed by atoms with E-state index in [1.807, 2.05) is 29.2 Å². The third kappa shape index (κ3) is 5.56. The summed E-state index contributed by atoms with van der Waals surface area (Å²) in [5.41, 5.74) is 2.07. The molecule has 4 rings (SSSR count). The maximum Gasteiger partial charge on any atom is 0.254 e. The summed E-state index contributed by atoms with van der Waals surface area (Å²) >= 11 is 1.79. The van der Waals surface area contributed by atoms with E-state index in [-0.39, 0.29) is 12.0 Å². The van der Waals surface area contributed by atoms with Crippen molar-refractivity contribution in [1.82, 2.24) is 9.80 Å². The topological polar surface area (TPSA) is 42.0 Å². The molecule has 0 bridgehead atoms. The molecule has 0 atom stereocenters. The van der Waals surface area contributed by atoms with Crippen LogP contribution >= 0.6 is 11.8 Å². The predicted octanol–water partition coefficient (Wildman–Crippen LogP) is 3.92. The van der Waals surface area contributed by atoms with Crippen LogP contribution in [0.15, 0.2) is 53.4 Å². The van der Waals surface area contributed by atoms with E-state index in [1.165, 1.54) is 10.5 Å².